The molecule has 0 spiro atoms. The van der Waals surface area contributed by atoms with Crippen LogP contribution >= 0.6 is 0 Å². The van der Waals surface area contributed by atoms with Crippen LogP contribution in [-0.2, 0) is 9.73 Å². The maximum absolute atomic E-state index is 14.2. The molecule has 118 valence electrons. The Bertz CT molecular complexity index is 960. The maximum Gasteiger partial charge on any atom is 0.223 e. The second kappa shape index (κ2) is 5.92. The van der Waals surface area contributed by atoms with Gasteiger partial charge in [-0.05, 0) is 24.3 Å². The molecule has 1 heterocycles. The molecular weight excluding hydrogens is 317 g/mol. The third kappa shape index (κ3) is 3.29. The summed E-state index contributed by atoms with van der Waals surface area (Å²) in [7, 11) is -2.64. The van der Waals surface area contributed by atoms with Gasteiger partial charge in [0.25, 0.3) is 0 Å². The lowest BCUT2D eigenvalue weighted by Crippen LogP contribution is -1.96. The van der Waals surface area contributed by atoms with Gasteiger partial charge < -0.3 is 4.52 Å². The van der Waals surface area contributed by atoms with E-state index in [2.05, 4.69) is 14.5 Å². The van der Waals surface area contributed by atoms with E-state index in [0.717, 1.165) is 0 Å². The standard InChI is InChI=1S/C16H14FN3O2S/c1-11-18-16(19-22-11)14-9-8-12(10-15(14)17)20-23(2,21)13-6-4-3-5-7-13/h3-10H,1-2H3. The number of aryl methyl sites for hydroxylation is 1. The van der Waals surface area contributed by atoms with Gasteiger partial charge in [-0.25, -0.2) is 8.60 Å². The first-order chi connectivity index (χ1) is 11.0. The highest BCUT2D eigenvalue weighted by atomic mass is 32.2. The highest BCUT2D eigenvalue weighted by molar-refractivity contribution is 7.93. The van der Waals surface area contributed by atoms with Crippen molar-refractivity contribution < 1.29 is 13.1 Å². The Morgan fingerprint density at radius 2 is 1.91 bits per heavy atom. The number of aromatic nitrogens is 2. The van der Waals surface area contributed by atoms with Crippen molar-refractivity contribution in [1.29, 1.82) is 0 Å². The second-order valence-corrected chi connectivity index (χ2v) is 7.27. The van der Waals surface area contributed by atoms with E-state index in [1.165, 1.54) is 18.4 Å². The fourth-order valence-corrected chi connectivity index (χ4v) is 3.36. The van der Waals surface area contributed by atoms with E-state index in [1.54, 1.807) is 37.3 Å². The van der Waals surface area contributed by atoms with E-state index in [9.17, 15) is 8.60 Å². The summed E-state index contributed by atoms with van der Waals surface area (Å²) in [5.41, 5.74) is 0.505. The minimum absolute atomic E-state index is 0.173. The van der Waals surface area contributed by atoms with Crippen LogP contribution in [0, 0.1) is 12.7 Å². The molecule has 1 unspecified atom stereocenters. The molecule has 3 aromatic rings. The predicted octanol–water partition coefficient (Wildman–Crippen LogP) is 3.97. The first-order valence-corrected chi connectivity index (χ1v) is 8.75. The van der Waals surface area contributed by atoms with Crippen molar-refractivity contribution >= 4 is 15.4 Å². The summed E-state index contributed by atoms with van der Waals surface area (Å²) in [6.45, 7) is 1.63. The lowest BCUT2D eigenvalue weighted by atomic mass is 10.2. The molecular formula is C16H14FN3O2S. The van der Waals surface area contributed by atoms with Gasteiger partial charge in [0.1, 0.15) is 5.82 Å². The molecule has 1 atom stereocenters. The van der Waals surface area contributed by atoms with Gasteiger partial charge in [-0.3, -0.25) is 0 Å². The minimum atomic E-state index is -2.64. The second-order valence-electron chi connectivity index (χ2n) is 5.01. The lowest BCUT2D eigenvalue weighted by molar-refractivity contribution is 0.394. The summed E-state index contributed by atoms with van der Waals surface area (Å²) in [5, 5.41) is 3.69. The molecule has 0 aliphatic rings. The monoisotopic (exact) mass is 331 g/mol. The molecule has 5 nitrogen and oxygen atoms in total. The maximum atomic E-state index is 14.2. The van der Waals surface area contributed by atoms with Gasteiger partial charge in [-0.1, -0.05) is 23.4 Å². The van der Waals surface area contributed by atoms with Crippen molar-refractivity contribution in [3.8, 4) is 11.4 Å². The summed E-state index contributed by atoms with van der Waals surface area (Å²) >= 11 is 0. The average molecular weight is 331 g/mol. The van der Waals surface area contributed by atoms with Crippen LogP contribution in [0.15, 0.2) is 62.3 Å². The SMILES string of the molecule is Cc1nc(-c2ccc(N=S(C)(=O)c3ccccc3)cc2F)no1. The van der Waals surface area contributed by atoms with Gasteiger partial charge >= 0.3 is 0 Å². The van der Waals surface area contributed by atoms with Crippen molar-refractivity contribution in [2.24, 2.45) is 4.36 Å². The van der Waals surface area contributed by atoms with Crippen LogP contribution in [0.25, 0.3) is 11.4 Å². The molecule has 0 fully saturated rings. The normalized spacial score (nSPS) is 13.5. The molecule has 0 radical (unpaired) electrons. The molecule has 0 saturated heterocycles. The largest absolute Gasteiger partial charge is 0.339 e. The fraction of sp³-hybridized carbons (Fsp3) is 0.125. The van der Waals surface area contributed by atoms with Gasteiger partial charge in [0.05, 0.1) is 21.0 Å². The van der Waals surface area contributed by atoms with E-state index in [1.807, 2.05) is 6.07 Å². The van der Waals surface area contributed by atoms with Crippen LogP contribution in [0.5, 0.6) is 0 Å². The van der Waals surface area contributed by atoms with Gasteiger partial charge in [0, 0.05) is 24.1 Å². The smallest absolute Gasteiger partial charge is 0.223 e. The van der Waals surface area contributed by atoms with E-state index >= 15 is 0 Å². The zero-order valence-corrected chi connectivity index (χ0v) is 13.4. The van der Waals surface area contributed by atoms with Crippen LogP contribution in [0.4, 0.5) is 10.1 Å². The summed E-state index contributed by atoms with van der Waals surface area (Å²) in [6.07, 6.45) is 1.52. The third-order valence-electron chi connectivity index (χ3n) is 3.18. The average Bonchev–Trinajstić information content (AvgIpc) is 2.94. The van der Waals surface area contributed by atoms with Crippen molar-refractivity contribution in [3.63, 3.8) is 0 Å². The quantitative estimate of drug-likeness (QED) is 0.728. The summed E-state index contributed by atoms with van der Waals surface area (Å²) < 4.78 is 36.0. The van der Waals surface area contributed by atoms with Gasteiger partial charge in [-0.15, -0.1) is 0 Å². The third-order valence-corrected chi connectivity index (χ3v) is 4.89. The van der Waals surface area contributed by atoms with Crippen LogP contribution in [-0.4, -0.2) is 20.6 Å². The van der Waals surface area contributed by atoms with E-state index in [4.69, 9.17) is 4.52 Å². The Morgan fingerprint density at radius 1 is 1.17 bits per heavy atom. The summed E-state index contributed by atoms with van der Waals surface area (Å²) in [5.74, 6) is -0.0176. The first-order valence-electron chi connectivity index (χ1n) is 6.83. The number of hydrogen-bond acceptors (Lipinski definition) is 5. The zero-order chi connectivity index (χ0) is 16.4. The first kappa shape index (κ1) is 15.4. The Kier molecular flexibility index (Phi) is 3.96. The van der Waals surface area contributed by atoms with Crippen molar-refractivity contribution in [2.75, 3.05) is 6.26 Å². The molecule has 7 heteroatoms. The molecule has 0 saturated carbocycles. The molecule has 0 aliphatic carbocycles. The lowest BCUT2D eigenvalue weighted by Gasteiger charge is -2.05. The van der Waals surface area contributed by atoms with E-state index in [-0.39, 0.29) is 11.4 Å². The molecule has 0 N–H and O–H groups in total. The molecule has 23 heavy (non-hydrogen) atoms. The number of benzene rings is 2. The highest BCUT2D eigenvalue weighted by Gasteiger charge is 2.13. The molecule has 0 aliphatic heterocycles. The van der Waals surface area contributed by atoms with Crippen LogP contribution in [0.1, 0.15) is 5.89 Å². The Morgan fingerprint density at radius 3 is 2.52 bits per heavy atom. The van der Waals surface area contributed by atoms with E-state index in [0.29, 0.717) is 16.5 Å². The molecule has 1 aromatic heterocycles. The molecule has 0 bridgehead atoms. The van der Waals surface area contributed by atoms with Gasteiger partial charge in [-0.2, -0.15) is 9.35 Å². The molecule has 0 amide bonds. The van der Waals surface area contributed by atoms with E-state index < -0.39 is 15.5 Å². The number of hydrogen-bond donors (Lipinski definition) is 0. The van der Waals surface area contributed by atoms with Gasteiger partial charge in [0.15, 0.2) is 0 Å². The van der Waals surface area contributed by atoms with Crippen molar-refractivity contribution in [2.45, 2.75) is 11.8 Å². The molecule has 3 rings (SSSR count). The minimum Gasteiger partial charge on any atom is -0.339 e. The fourth-order valence-electron chi connectivity index (χ4n) is 2.08. The Balaban J connectivity index is 2.01. The predicted molar refractivity (Wildman–Crippen MR) is 85.3 cm³/mol. The Labute approximate surface area is 133 Å². The Hall–Kier alpha value is -2.54. The molecule has 2 aromatic carbocycles. The zero-order valence-electron chi connectivity index (χ0n) is 12.6. The topological polar surface area (TPSA) is 68.3 Å². The number of halogens is 1. The van der Waals surface area contributed by atoms with Crippen LogP contribution in [0.3, 0.4) is 0 Å². The van der Waals surface area contributed by atoms with Crippen LogP contribution < -0.4 is 0 Å². The number of rotatable bonds is 3. The van der Waals surface area contributed by atoms with Gasteiger partial charge in [0.2, 0.25) is 11.7 Å². The highest BCUT2D eigenvalue weighted by Crippen LogP contribution is 2.26. The van der Waals surface area contributed by atoms with Crippen molar-refractivity contribution in [3.05, 3.63) is 60.2 Å². The number of nitrogens with zero attached hydrogens (tertiary/aromatic N) is 3. The summed E-state index contributed by atoms with van der Waals surface area (Å²) in [6, 6.07) is 13.2. The summed E-state index contributed by atoms with van der Waals surface area (Å²) in [4.78, 5) is 4.58. The van der Waals surface area contributed by atoms with Crippen LogP contribution in [0.2, 0.25) is 0 Å². The van der Waals surface area contributed by atoms with Crippen molar-refractivity contribution in [1.82, 2.24) is 10.1 Å².